The molecule has 0 spiro atoms. The van der Waals surface area contributed by atoms with Gasteiger partial charge >= 0.3 is 5.69 Å². The zero-order chi connectivity index (χ0) is 14.9. The second-order valence-electron chi connectivity index (χ2n) is 4.47. The molecule has 0 aromatic carbocycles. The maximum absolute atomic E-state index is 12.1. The summed E-state index contributed by atoms with van der Waals surface area (Å²) in [6.07, 6.45) is 2.78. The van der Waals surface area contributed by atoms with Gasteiger partial charge in [-0.3, -0.25) is 14.2 Å². The summed E-state index contributed by atoms with van der Waals surface area (Å²) >= 11 is 0. The maximum atomic E-state index is 12.1. The largest absolute Gasteiger partial charge is 0.330 e. The average molecular weight is 274 g/mol. The number of anilines is 1. The quantitative estimate of drug-likeness (QED) is 0.837. The Kier molecular flexibility index (Phi) is 3.51. The number of pyridine rings is 1. The van der Waals surface area contributed by atoms with Gasteiger partial charge in [-0.1, -0.05) is 0 Å². The second-order valence-corrected chi connectivity index (χ2v) is 4.47. The number of aromatic nitrogens is 3. The lowest BCUT2D eigenvalue weighted by atomic mass is 10.2. The van der Waals surface area contributed by atoms with Crippen LogP contribution in [0.3, 0.4) is 0 Å². The first-order chi connectivity index (χ1) is 9.40. The highest BCUT2D eigenvalue weighted by atomic mass is 16.2. The third kappa shape index (κ3) is 2.51. The Morgan fingerprint density at radius 3 is 2.65 bits per heavy atom. The summed E-state index contributed by atoms with van der Waals surface area (Å²) in [6.45, 7) is 1.86. The summed E-state index contributed by atoms with van der Waals surface area (Å²) < 4.78 is 2.07. The number of hydrogen-bond acceptors (Lipinski definition) is 4. The van der Waals surface area contributed by atoms with Crippen LogP contribution in [0.15, 0.2) is 34.1 Å². The molecule has 0 aliphatic carbocycles. The number of nitrogens with zero attached hydrogens (tertiary/aromatic N) is 3. The van der Waals surface area contributed by atoms with Gasteiger partial charge < -0.3 is 9.88 Å². The van der Waals surface area contributed by atoms with Crippen molar-refractivity contribution in [3.8, 4) is 0 Å². The van der Waals surface area contributed by atoms with E-state index >= 15 is 0 Å². The molecule has 0 bridgehead atoms. The van der Waals surface area contributed by atoms with Crippen LogP contribution in [0.25, 0.3) is 0 Å². The van der Waals surface area contributed by atoms with Crippen LogP contribution in [0.4, 0.5) is 5.82 Å². The number of hydrogen-bond donors (Lipinski definition) is 1. The predicted molar refractivity (Wildman–Crippen MR) is 73.9 cm³/mol. The van der Waals surface area contributed by atoms with E-state index in [0.717, 1.165) is 10.1 Å². The van der Waals surface area contributed by atoms with Crippen LogP contribution in [0.5, 0.6) is 0 Å². The van der Waals surface area contributed by atoms with E-state index in [1.165, 1.54) is 24.9 Å². The number of carbonyl (C=O) groups is 1. The molecular formula is C13H14N4O3. The Morgan fingerprint density at radius 1 is 1.30 bits per heavy atom. The zero-order valence-corrected chi connectivity index (χ0v) is 11.4. The van der Waals surface area contributed by atoms with Crippen molar-refractivity contribution in [1.82, 2.24) is 14.1 Å². The fourth-order valence-electron chi connectivity index (χ4n) is 1.75. The summed E-state index contributed by atoms with van der Waals surface area (Å²) in [5.74, 6) is -0.245. The third-order valence-electron chi connectivity index (χ3n) is 2.85. The van der Waals surface area contributed by atoms with E-state index in [9.17, 15) is 14.4 Å². The van der Waals surface area contributed by atoms with Crippen molar-refractivity contribution >= 4 is 11.7 Å². The summed E-state index contributed by atoms with van der Waals surface area (Å²) in [5.41, 5.74) is -0.306. The highest BCUT2D eigenvalue weighted by Gasteiger charge is 2.15. The number of rotatable bonds is 2. The fraction of sp³-hybridized carbons (Fsp3) is 0.231. The van der Waals surface area contributed by atoms with Crippen molar-refractivity contribution in [3.05, 3.63) is 56.5 Å². The normalized spacial score (nSPS) is 10.3. The van der Waals surface area contributed by atoms with E-state index in [-0.39, 0.29) is 5.56 Å². The molecule has 0 radical (unpaired) electrons. The number of carbonyl (C=O) groups excluding carboxylic acids is 1. The lowest BCUT2D eigenvalue weighted by molar-refractivity contribution is 0.102. The Balaban J connectivity index is 2.40. The van der Waals surface area contributed by atoms with Crippen LogP contribution in [-0.2, 0) is 14.1 Å². The van der Waals surface area contributed by atoms with Gasteiger partial charge in [-0.2, -0.15) is 0 Å². The van der Waals surface area contributed by atoms with E-state index in [1.807, 2.05) is 6.92 Å². The molecule has 2 heterocycles. The minimum absolute atomic E-state index is 0.113. The number of nitrogens with one attached hydrogen (secondary N) is 1. The molecule has 2 rings (SSSR count). The molecule has 0 aliphatic rings. The van der Waals surface area contributed by atoms with Crippen LogP contribution in [0, 0.1) is 6.92 Å². The van der Waals surface area contributed by atoms with Crippen LogP contribution < -0.4 is 16.6 Å². The van der Waals surface area contributed by atoms with Gasteiger partial charge in [0.25, 0.3) is 11.5 Å². The number of amides is 1. The lowest BCUT2D eigenvalue weighted by Crippen LogP contribution is -2.40. The summed E-state index contributed by atoms with van der Waals surface area (Å²) in [4.78, 5) is 39.5. The van der Waals surface area contributed by atoms with Crippen LogP contribution in [0.2, 0.25) is 0 Å². The molecule has 0 aliphatic heterocycles. The Hall–Kier alpha value is -2.70. The van der Waals surface area contributed by atoms with Crippen LogP contribution >= 0.6 is 0 Å². The van der Waals surface area contributed by atoms with E-state index in [1.54, 1.807) is 18.3 Å². The van der Waals surface area contributed by atoms with Gasteiger partial charge in [-0.05, 0) is 24.6 Å². The van der Waals surface area contributed by atoms with Crippen LogP contribution in [-0.4, -0.2) is 20.0 Å². The first-order valence-electron chi connectivity index (χ1n) is 5.91. The van der Waals surface area contributed by atoms with E-state index in [0.29, 0.717) is 5.82 Å². The molecule has 0 saturated heterocycles. The molecular weight excluding hydrogens is 260 g/mol. The smallest absolute Gasteiger partial charge is 0.306 e. The maximum Gasteiger partial charge on any atom is 0.330 e. The Morgan fingerprint density at radius 2 is 2.00 bits per heavy atom. The van der Waals surface area contributed by atoms with E-state index < -0.39 is 17.2 Å². The highest BCUT2D eigenvalue weighted by molar-refractivity contribution is 6.03. The topological polar surface area (TPSA) is 86.0 Å². The molecule has 1 amide bonds. The zero-order valence-electron chi connectivity index (χ0n) is 11.4. The summed E-state index contributed by atoms with van der Waals surface area (Å²) in [7, 11) is 2.80. The van der Waals surface area contributed by atoms with Gasteiger partial charge in [-0.15, -0.1) is 0 Å². The van der Waals surface area contributed by atoms with Gasteiger partial charge in [0.2, 0.25) is 0 Å². The Labute approximate surface area is 114 Å². The minimum Gasteiger partial charge on any atom is -0.306 e. The van der Waals surface area contributed by atoms with Crippen molar-refractivity contribution in [1.29, 1.82) is 0 Å². The van der Waals surface area contributed by atoms with Crippen molar-refractivity contribution in [2.45, 2.75) is 6.92 Å². The molecule has 1 N–H and O–H groups in total. The summed E-state index contributed by atoms with van der Waals surface area (Å²) in [5, 5.41) is 2.54. The van der Waals surface area contributed by atoms with Crippen molar-refractivity contribution < 1.29 is 4.79 Å². The SMILES string of the molecule is Cc1ccnc(NC(=O)c2cn(C)c(=O)n(C)c2=O)c1. The van der Waals surface area contributed by atoms with Gasteiger partial charge in [0.1, 0.15) is 11.4 Å². The molecule has 0 fully saturated rings. The lowest BCUT2D eigenvalue weighted by Gasteiger charge is -2.07. The standard InChI is InChI=1S/C13H14N4O3/c1-8-4-5-14-10(6-8)15-11(18)9-7-16(2)13(20)17(3)12(9)19/h4-7H,1-3H3,(H,14,15,18). The molecule has 7 heteroatoms. The first kappa shape index (κ1) is 13.7. The van der Waals surface area contributed by atoms with Gasteiger partial charge in [0.15, 0.2) is 0 Å². The van der Waals surface area contributed by atoms with Crippen molar-refractivity contribution in [2.75, 3.05) is 5.32 Å². The van der Waals surface area contributed by atoms with E-state index in [2.05, 4.69) is 10.3 Å². The highest BCUT2D eigenvalue weighted by Crippen LogP contribution is 2.06. The molecule has 0 unspecified atom stereocenters. The fourth-order valence-corrected chi connectivity index (χ4v) is 1.75. The summed E-state index contributed by atoms with van der Waals surface area (Å²) in [6, 6.07) is 3.48. The van der Waals surface area contributed by atoms with Crippen molar-refractivity contribution in [3.63, 3.8) is 0 Å². The van der Waals surface area contributed by atoms with Gasteiger partial charge in [-0.25, -0.2) is 9.78 Å². The first-order valence-corrected chi connectivity index (χ1v) is 5.91. The molecule has 104 valence electrons. The molecule has 0 atom stereocenters. The van der Waals surface area contributed by atoms with Gasteiger partial charge in [0.05, 0.1) is 0 Å². The minimum atomic E-state index is -0.641. The monoisotopic (exact) mass is 274 g/mol. The van der Waals surface area contributed by atoms with Crippen LogP contribution in [0.1, 0.15) is 15.9 Å². The Bertz CT molecular complexity index is 789. The van der Waals surface area contributed by atoms with E-state index in [4.69, 9.17) is 0 Å². The molecule has 7 nitrogen and oxygen atoms in total. The number of aryl methyl sites for hydroxylation is 2. The molecule has 2 aromatic rings. The molecule has 0 saturated carbocycles. The second kappa shape index (κ2) is 5.12. The third-order valence-corrected chi connectivity index (χ3v) is 2.85. The van der Waals surface area contributed by atoms with Gasteiger partial charge in [0, 0.05) is 26.5 Å². The molecule has 20 heavy (non-hydrogen) atoms. The average Bonchev–Trinajstić information content (AvgIpc) is 2.40. The molecule has 2 aromatic heterocycles. The van der Waals surface area contributed by atoms with Crippen molar-refractivity contribution in [2.24, 2.45) is 14.1 Å². The predicted octanol–water partition coefficient (Wildman–Crippen LogP) is 0.0397.